The Kier molecular flexibility index (Phi) is 7.78. The SMILES string of the molecule is CCCCCCc1ccc(C(=O)Oc2ccc(C(=O)Oc3ccccc3)cc2)cc1. The molecule has 0 aliphatic carbocycles. The summed E-state index contributed by atoms with van der Waals surface area (Å²) < 4.78 is 10.7. The average molecular weight is 402 g/mol. The summed E-state index contributed by atoms with van der Waals surface area (Å²) in [6, 6.07) is 22.7. The smallest absolute Gasteiger partial charge is 0.343 e. The van der Waals surface area contributed by atoms with E-state index in [0.29, 0.717) is 22.6 Å². The zero-order chi connectivity index (χ0) is 21.2. The molecule has 154 valence electrons. The highest BCUT2D eigenvalue weighted by atomic mass is 16.5. The van der Waals surface area contributed by atoms with Crippen molar-refractivity contribution in [2.45, 2.75) is 39.0 Å². The Hall–Kier alpha value is -3.40. The molecule has 0 spiro atoms. The maximum atomic E-state index is 12.4. The van der Waals surface area contributed by atoms with Crippen molar-refractivity contribution in [3.05, 3.63) is 95.6 Å². The first-order valence-corrected chi connectivity index (χ1v) is 10.3. The van der Waals surface area contributed by atoms with E-state index in [0.717, 1.165) is 12.8 Å². The molecule has 3 rings (SSSR count). The molecule has 0 amide bonds. The molecule has 0 bridgehead atoms. The molecule has 0 aliphatic heterocycles. The summed E-state index contributed by atoms with van der Waals surface area (Å²) in [6.07, 6.45) is 5.90. The Morgan fingerprint density at radius 3 is 1.73 bits per heavy atom. The summed E-state index contributed by atoms with van der Waals surface area (Å²) in [6.45, 7) is 2.20. The molecule has 4 heteroatoms. The Morgan fingerprint density at radius 2 is 1.17 bits per heavy atom. The molecule has 0 saturated carbocycles. The van der Waals surface area contributed by atoms with Crippen molar-refractivity contribution in [1.82, 2.24) is 0 Å². The normalized spacial score (nSPS) is 10.4. The summed E-state index contributed by atoms with van der Waals surface area (Å²) >= 11 is 0. The largest absolute Gasteiger partial charge is 0.423 e. The first-order valence-electron chi connectivity index (χ1n) is 10.3. The first-order chi connectivity index (χ1) is 14.7. The van der Waals surface area contributed by atoms with Gasteiger partial charge in [0.25, 0.3) is 0 Å². The van der Waals surface area contributed by atoms with Crippen LogP contribution in [0.4, 0.5) is 0 Å². The highest BCUT2D eigenvalue weighted by Gasteiger charge is 2.11. The number of unbranched alkanes of at least 4 members (excludes halogenated alkanes) is 3. The van der Waals surface area contributed by atoms with Gasteiger partial charge in [0.05, 0.1) is 11.1 Å². The van der Waals surface area contributed by atoms with Crippen LogP contribution in [0.2, 0.25) is 0 Å². The maximum Gasteiger partial charge on any atom is 0.343 e. The molecule has 0 N–H and O–H groups in total. The van der Waals surface area contributed by atoms with Gasteiger partial charge in [-0.3, -0.25) is 0 Å². The molecule has 0 aromatic heterocycles. The van der Waals surface area contributed by atoms with E-state index in [1.54, 1.807) is 60.7 Å². The zero-order valence-corrected chi connectivity index (χ0v) is 17.2. The van der Waals surface area contributed by atoms with Gasteiger partial charge in [0.1, 0.15) is 11.5 Å². The van der Waals surface area contributed by atoms with Crippen molar-refractivity contribution in [2.75, 3.05) is 0 Å². The highest BCUT2D eigenvalue weighted by Crippen LogP contribution is 2.17. The van der Waals surface area contributed by atoms with Crippen LogP contribution in [0.1, 0.15) is 58.9 Å². The van der Waals surface area contributed by atoms with Gasteiger partial charge in [-0.05, 0) is 66.9 Å². The Balaban J connectivity index is 1.53. The topological polar surface area (TPSA) is 52.6 Å². The van der Waals surface area contributed by atoms with Crippen LogP contribution in [0.15, 0.2) is 78.9 Å². The van der Waals surface area contributed by atoms with Gasteiger partial charge in [-0.25, -0.2) is 9.59 Å². The summed E-state index contributed by atoms with van der Waals surface area (Å²) in [5.41, 5.74) is 2.11. The van der Waals surface area contributed by atoms with Crippen LogP contribution in [-0.2, 0) is 6.42 Å². The third-order valence-corrected chi connectivity index (χ3v) is 4.76. The van der Waals surface area contributed by atoms with Crippen LogP contribution >= 0.6 is 0 Å². The van der Waals surface area contributed by atoms with E-state index < -0.39 is 11.9 Å². The minimum Gasteiger partial charge on any atom is -0.423 e. The molecule has 0 fully saturated rings. The van der Waals surface area contributed by atoms with Gasteiger partial charge in [-0.1, -0.05) is 56.5 Å². The number of aryl methyl sites for hydroxylation is 1. The van der Waals surface area contributed by atoms with Crippen molar-refractivity contribution in [1.29, 1.82) is 0 Å². The molecule has 0 aliphatic rings. The number of carbonyl (C=O) groups excluding carboxylic acids is 2. The number of para-hydroxylation sites is 1. The molecule has 0 unspecified atom stereocenters. The monoisotopic (exact) mass is 402 g/mol. The van der Waals surface area contributed by atoms with Crippen LogP contribution in [0.5, 0.6) is 11.5 Å². The lowest BCUT2D eigenvalue weighted by Crippen LogP contribution is -2.10. The molecule has 3 aromatic rings. The van der Waals surface area contributed by atoms with Crippen LogP contribution in [-0.4, -0.2) is 11.9 Å². The molecule has 0 radical (unpaired) electrons. The summed E-state index contributed by atoms with van der Waals surface area (Å²) in [4.78, 5) is 24.6. The van der Waals surface area contributed by atoms with Crippen molar-refractivity contribution in [2.24, 2.45) is 0 Å². The van der Waals surface area contributed by atoms with Crippen LogP contribution in [0.25, 0.3) is 0 Å². The Labute approximate surface area is 177 Å². The molecular formula is C26H26O4. The summed E-state index contributed by atoms with van der Waals surface area (Å²) in [7, 11) is 0. The van der Waals surface area contributed by atoms with Crippen molar-refractivity contribution in [3.8, 4) is 11.5 Å². The van der Waals surface area contributed by atoms with Crippen LogP contribution < -0.4 is 9.47 Å². The third-order valence-electron chi connectivity index (χ3n) is 4.76. The van der Waals surface area contributed by atoms with E-state index >= 15 is 0 Å². The van der Waals surface area contributed by atoms with Crippen LogP contribution in [0, 0.1) is 0 Å². The standard InChI is InChI=1S/C26H26O4/c1-2-3-4-6-9-20-12-14-21(15-13-20)25(27)30-24-18-16-22(17-19-24)26(28)29-23-10-7-5-8-11-23/h5,7-8,10-19H,2-4,6,9H2,1H3. The van der Waals surface area contributed by atoms with Gasteiger partial charge in [0.15, 0.2) is 0 Å². The van der Waals surface area contributed by atoms with Gasteiger partial charge in [-0.15, -0.1) is 0 Å². The first kappa shape index (κ1) is 21.3. The van der Waals surface area contributed by atoms with E-state index in [4.69, 9.17) is 9.47 Å². The molecule has 30 heavy (non-hydrogen) atoms. The van der Waals surface area contributed by atoms with Gasteiger partial charge >= 0.3 is 11.9 Å². The van der Waals surface area contributed by atoms with Gasteiger partial charge in [0, 0.05) is 0 Å². The summed E-state index contributed by atoms with van der Waals surface area (Å²) in [5, 5.41) is 0. The van der Waals surface area contributed by atoms with E-state index in [2.05, 4.69) is 6.92 Å². The Morgan fingerprint density at radius 1 is 0.633 bits per heavy atom. The summed E-state index contributed by atoms with van der Waals surface area (Å²) in [5.74, 6) is -0.0348. The van der Waals surface area contributed by atoms with Crippen molar-refractivity contribution >= 4 is 11.9 Å². The van der Waals surface area contributed by atoms with E-state index in [1.165, 1.54) is 24.8 Å². The molecule has 0 saturated heterocycles. The number of rotatable bonds is 9. The number of benzene rings is 3. The van der Waals surface area contributed by atoms with Gasteiger partial charge < -0.3 is 9.47 Å². The molecular weight excluding hydrogens is 376 g/mol. The second-order valence-corrected chi connectivity index (χ2v) is 7.12. The fourth-order valence-electron chi connectivity index (χ4n) is 3.04. The number of carbonyl (C=O) groups is 2. The second-order valence-electron chi connectivity index (χ2n) is 7.12. The molecule has 0 atom stereocenters. The molecule has 3 aromatic carbocycles. The minimum absolute atomic E-state index is 0.375. The van der Waals surface area contributed by atoms with Gasteiger partial charge in [0.2, 0.25) is 0 Å². The lowest BCUT2D eigenvalue weighted by Gasteiger charge is -2.07. The predicted molar refractivity (Wildman–Crippen MR) is 117 cm³/mol. The number of hydrogen-bond donors (Lipinski definition) is 0. The fourth-order valence-corrected chi connectivity index (χ4v) is 3.04. The van der Waals surface area contributed by atoms with E-state index in [1.807, 2.05) is 18.2 Å². The lowest BCUT2D eigenvalue weighted by molar-refractivity contribution is 0.0730. The number of hydrogen-bond acceptors (Lipinski definition) is 4. The lowest BCUT2D eigenvalue weighted by atomic mass is 10.0. The maximum absolute atomic E-state index is 12.4. The second kappa shape index (κ2) is 11.0. The van der Waals surface area contributed by atoms with E-state index in [-0.39, 0.29) is 0 Å². The molecule has 4 nitrogen and oxygen atoms in total. The predicted octanol–water partition coefficient (Wildman–Crippen LogP) is 6.25. The highest BCUT2D eigenvalue weighted by molar-refractivity contribution is 5.92. The van der Waals surface area contributed by atoms with Crippen molar-refractivity contribution < 1.29 is 19.1 Å². The van der Waals surface area contributed by atoms with Crippen molar-refractivity contribution in [3.63, 3.8) is 0 Å². The molecule has 0 heterocycles. The third kappa shape index (κ3) is 6.31. The quantitative estimate of drug-likeness (QED) is 0.241. The number of esters is 2. The van der Waals surface area contributed by atoms with E-state index in [9.17, 15) is 9.59 Å². The minimum atomic E-state index is -0.464. The zero-order valence-electron chi connectivity index (χ0n) is 17.2. The Bertz CT molecular complexity index is 945. The van der Waals surface area contributed by atoms with Crippen LogP contribution in [0.3, 0.4) is 0 Å². The fraction of sp³-hybridized carbons (Fsp3) is 0.231. The average Bonchev–Trinajstić information content (AvgIpc) is 2.78. The van der Waals surface area contributed by atoms with Gasteiger partial charge in [-0.2, -0.15) is 0 Å². The number of ether oxygens (including phenoxy) is 2.